The fourth-order valence-electron chi connectivity index (χ4n) is 1.96. The van der Waals surface area contributed by atoms with Crippen LogP contribution in [0.4, 0.5) is 0 Å². The van der Waals surface area contributed by atoms with Gasteiger partial charge in [-0.2, -0.15) is 0 Å². The molecular weight excluding hydrogens is 208 g/mol. The Labute approximate surface area is 98.0 Å². The van der Waals surface area contributed by atoms with Crippen LogP contribution >= 0.6 is 12.2 Å². The average molecular weight is 230 g/mol. The predicted molar refractivity (Wildman–Crippen MR) is 67.1 cm³/mol. The summed E-state index contributed by atoms with van der Waals surface area (Å²) in [6.07, 6.45) is 6.89. The Bertz CT molecular complexity index is 181. The number of methoxy groups -OCH3 is 1. The lowest BCUT2D eigenvalue weighted by molar-refractivity contribution is 0.204. The molecule has 0 bridgehead atoms. The fraction of sp³-hybridized carbons (Fsp3) is 0.909. The molecule has 1 rings (SSSR count). The number of hydrogen-bond donors (Lipinski definition) is 2. The molecule has 0 heterocycles. The Morgan fingerprint density at radius 3 is 2.67 bits per heavy atom. The molecule has 0 amide bonds. The third-order valence-electron chi connectivity index (χ3n) is 2.87. The number of hydrogen-bond acceptors (Lipinski definition) is 2. The van der Waals surface area contributed by atoms with E-state index in [0.29, 0.717) is 6.61 Å². The van der Waals surface area contributed by atoms with Crippen molar-refractivity contribution in [3.63, 3.8) is 0 Å². The summed E-state index contributed by atoms with van der Waals surface area (Å²) in [4.78, 5) is 0. The Balaban J connectivity index is 2.00. The highest BCUT2D eigenvalue weighted by Crippen LogP contribution is 2.22. The van der Waals surface area contributed by atoms with Crippen molar-refractivity contribution in [1.29, 1.82) is 0 Å². The Hall–Kier alpha value is -0.350. The minimum atomic E-state index is 0.700. The number of thiocarbonyl (C=S) groups is 1. The zero-order valence-electron chi connectivity index (χ0n) is 9.55. The standard InChI is InChI=1S/C11H22N2OS/c1-14-8-7-12-11(15)13-9-10-5-3-2-4-6-10/h10H,2-9H2,1H3,(H2,12,13,15). The maximum atomic E-state index is 5.16. The molecule has 0 aromatic heterocycles. The quantitative estimate of drug-likeness (QED) is 0.556. The predicted octanol–water partition coefficient (Wildman–Crippen LogP) is 1.68. The summed E-state index contributed by atoms with van der Waals surface area (Å²) in [5.74, 6) is 0.820. The average Bonchev–Trinajstić information content (AvgIpc) is 2.28. The Morgan fingerprint density at radius 2 is 2.00 bits per heavy atom. The van der Waals surface area contributed by atoms with Gasteiger partial charge in [0.1, 0.15) is 0 Å². The highest BCUT2D eigenvalue weighted by molar-refractivity contribution is 7.80. The van der Waals surface area contributed by atoms with E-state index in [1.165, 1.54) is 32.1 Å². The van der Waals surface area contributed by atoms with Crippen molar-refractivity contribution in [2.45, 2.75) is 32.1 Å². The second-order valence-corrected chi connectivity index (χ2v) is 4.54. The van der Waals surface area contributed by atoms with E-state index in [0.717, 1.165) is 24.1 Å². The first-order chi connectivity index (χ1) is 7.33. The second-order valence-electron chi connectivity index (χ2n) is 4.13. The highest BCUT2D eigenvalue weighted by atomic mass is 32.1. The number of ether oxygens (including phenoxy) is 1. The van der Waals surface area contributed by atoms with Gasteiger partial charge >= 0.3 is 0 Å². The van der Waals surface area contributed by atoms with Crippen LogP contribution in [0.1, 0.15) is 32.1 Å². The molecule has 1 aliphatic rings. The second kappa shape index (κ2) is 7.88. The maximum absolute atomic E-state index is 5.16. The van der Waals surface area contributed by atoms with Gasteiger partial charge in [0.05, 0.1) is 6.61 Å². The van der Waals surface area contributed by atoms with Crippen molar-refractivity contribution in [2.24, 2.45) is 5.92 Å². The van der Waals surface area contributed by atoms with Gasteiger partial charge < -0.3 is 15.4 Å². The van der Waals surface area contributed by atoms with Gasteiger partial charge in [0, 0.05) is 20.2 Å². The van der Waals surface area contributed by atoms with Gasteiger partial charge in [-0.3, -0.25) is 0 Å². The monoisotopic (exact) mass is 230 g/mol. The van der Waals surface area contributed by atoms with E-state index < -0.39 is 0 Å². The van der Waals surface area contributed by atoms with Gasteiger partial charge in [0.2, 0.25) is 0 Å². The van der Waals surface area contributed by atoms with Gasteiger partial charge in [0.15, 0.2) is 5.11 Å². The van der Waals surface area contributed by atoms with Crippen molar-refractivity contribution in [2.75, 3.05) is 26.8 Å². The summed E-state index contributed by atoms with van der Waals surface area (Å²) >= 11 is 5.16. The zero-order valence-corrected chi connectivity index (χ0v) is 10.4. The number of nitrogens with one attached hydrogen (secondary N) is 2. The summed E-state index contributed by atoms with van der Waals surface area (Å²) in [5, 5.41) is 7.16. The van der Waals surface area contributed by atoms with Crippen LogP contribution in [0.2, 0.25) is 0 Å². The first kappa shape index (κ1) is 12.7. The summed E-state index contributed by atoms with van der Waals surface area (Å²) in [6.45, 7) is 2.51. The maximum Gasteiger partial charge on any atom is 0.166 e. The van der Waals surface area contributed by atoms with Crippen LogP contribution in [-0.2, 0) is 4.74 Å². The SMILES string of the molecule is COCCNC(=S)NCC1CCCCC1. The van der Waals surface area contributed by atoms with Gasteiger partial charge in [-0.1, -0.05) is 19.3 Å². The van der Waals surface area contributed by atoms with E-state index in [9.17, 15) is 0 Å². The van der Waals surface area contributed by atoms with Crippen molar-refractivity contribution in [1.82, 2.24) is 10.6 Å². The number of rotatable bonds is 5. The van der Waals surface area contributed by atoms with Crippen LogP contribution in [0.3, 0.4) is 0 Å². The van der Waals surface area contributed by atoms with Crippen LogP contribution in [-0.4, -0.2) is 31.9 Å². The first-order valence-corrected chi connectivity index (χ1v) is 6.24. The van der Waals surface area contributed by atoms with E-state index in [4.69, 9.17) is 17.0 Å². The zero-order chi connectivity index (χ0) is 10.9. The minimum Gasteiger partial charge on any atom is -0.383 e. The molecule has 0 saturated heterocycles. The molecule has 88 valence electrons. The van der Waals surface area contributed by atoms with Crippen molar-refractivity contribution in [3.05, 3.63) is 0 Å². The molecule has 3 nitrogen and oxygen atoms in total. The molecule has 0 spiro atoms. The molecule has 1 saturated carbocycles. The molecule has 4 heteroatoms. The molecular formula is C11H22N2OS. The highest BCUT2D eigenvalue weighted by Gasteiger charge is 2.12. The smallest absolute Gasteiger partial charge is 0.166 e. The normalized spacial score (nSPS) is 17.4. The molecule has 15 heavy (non-hydrogen) atoms. The third-order valence-corrected chi connectivity index (χ3v) is 3.16. The summed E-state index contributed by atoms with van der Waals surface area (Å²) < 4.78 is 4.94. The summed E-state index contributed by atoms with van der Waals surface area (Å²) in [7, 11) is 1.69. The first-order valence-electron chi connectivity index (χ1n) is 5.83. The van der Waals surface area contributed by atoms with Crippen LogP contribution in [0.25, 0.3) is 0 Å². The topological polar surface area (TPSA) is 33.3 Å². The molecule has 0 aromatic rings. The van der Waals surface area contributed by atoms with E-state index in [1.54, 1.807) is 7.11 Å². The largest absolute Gasteiger partial charge is 0.383 e. The third kappa shape index (κ3) is 5.95. The van der Waals surface area contributed by atoms with Crippen molar-refractivity contribution in [3.8, 4) is 0 Å². The molecule has 1 aliphatic carbocycles. The van der Waals surface area contributed by atoms with Gasteiger partial charge in [-0.25, -0.2) is 0 Å². The minimum absolute atomic E-state index is 0.700. The van der Waals surface area contributed by atoms with Crippen LogP contribution < -0.4 is 10.6 Å². The van der Waals surface area contributed by atoms with Crippen LogP contribution in [0.15, 0.2) is 0 Å². The van der Waals surface area contributed by atoms with Gasteiger partial charge in [-0.05, 0) is 31.0 Å². The van der Waals surface area contributed by atoms with E-state index in [1.807, 2.05) is 0 Å². The van der Waals surface area contributed by atoms with E-state index in [-0.39, 0.29) is 0 Å². The van der Waals surface area contributed by atoms with Crippen molar-refractivity contribution >= 4 is 17.3 Å². The summed E-state index contributed by atoms with van der Waals surface area (Å²) in [6, 6.07) is 0. The van der Waals surface area contributed by atoms with Gasteiger partial charge in [-0.15, -0.1) is 0 Å². The Kier molecular flexibility index (Phi) is 6.68. The Morgan fingerprint density at radius 1 is 1.27 bits per heavy atom. The molecule has 1 fully saturated rings. The van der Waals surface area contributed by atoms with Crippen LogP contribution in [0, 0.1) is 5.92 Å². The molecule has 2 N–H and O–H groups in total. The summed E-state index contributed by atoms with van der Waals surface area (Å²) in [5.41, 5.74) is 0. The molecule has 0 atom stereocenters. The lowest BCUT2D eigenvalue weighted by atomic mass is 9.89. The lowest BCUT2D eigenvalue weighted by Crippen LogP contribution is -2.39. The van der Waals surface area contributed by atoms with Crippen LogP contribution in [0.5, 0.6) is 0 Å². The van der Waals surface area contributed by atoms with Crippen molar-refractivity contribution < 1.29 is 4.74 Å². The molecule has 0 aromatic carbocycles. The van der Waals surface area contributed by atoms with E-state index >= 15 is 0 Å². The van der Waals surface area contributed by atoms with Gasteiger partial charge in [0.25, 0.3) is 0 Å². The molecule has 0 radical (unpaired) electrons. The molecule has 0 unspecified atom stereocenters. The molecule has 0 aliphatic heterocycles. The lowest BCUT2D eigenvalue weighted by Gasteiger charge is -2.22. The van der Waals surface area contributed by atoms with E-state index in [2.05, 4.69) is 10.6 Å². The fourth-order valence-corrected chi connectivity index (χ4v) is 2.14.